The number of aliphatic hydroxyl groups is 1. The lowest BCUT2D eigenvalue weighted by molar-refractivity contribution is 0.186. The smallest absolute Gasteiger partial charge is 0.191 e. The molecule has 1 aromatic rings. The number of nitrogens with one attached hydrogen (secondary N) is 2. The van der Waals surface area contributed by atoms with E-state index in [4.69, 9.17) is 11.6 Å². The van der Waals surface area contributed by atoms with E-state index in [1.54, 1.807) is 6.07 Å². The zero-order valence-electron chi connectivity index (χ0n) is 16.5. The summed E-state index contributed by atoms with van der Waals surface area (Å²) < 4.78 is 0. The van der Waals surface area contributed by atoms with Gasteiger partial charge in [0.25, 0.3) is 0 Å². The molecule has 1 aliphatic rings. The van der Waals surface area contributed by atoms with Crippen molar-refractivity contribution in [2.24, 2.45) is 4.99 Å². The van der Waals surface area contributed by atoms with Gasteiger partial charge in [-0.05, 0) is 38.8 Å². The predicted molar refractivity (Wildman–Crippen MR) is 125 cm³/mol. The molecule has 0 aliphatic carbocycles. The Bertz CT molecular complexity index is 565. The number of hydrogen-bond donors (Lipinski definition) is 3. The number of halogens is 2. The molecular weight excluding hydrogens is 475 g/mol. The first-order chi connectivity index (χ1) is 12.6. The van der Waals surface area contributed by atoms with Crippen LogP contribution in [-0.4, -0.2) is 54.7 Å². The molecule has 0 aromatic heterocycles. The summed E-state index contributed by atoms with van der Waals surface area (Å²) >= 11 is 6.16. The van der Waals surface area contributed by atoms with Gasteiger partial charge in [0.15, 0.2) is 5.96 Å². The summed E-state index contributed by atoms with van der Waals surface area (Å²) in [7, 11) is 0. The lowest BCUT2D eigenvalue weighted by atomic mass is 10.0. The minimum absolute atomic E-state index is 0. The second kappa shape index (κ2) is 13.6. The van der Waals surface area contributed by atoms with E-state index in [0.717, 1.165) is 44.0 Å². The van der Waals surface area contributed by atoms with Crippen LogP contribution in [0.1, 0.15) is 51.2 Å². The molecule has 0 bridgehead atoms. The summed E-state index contributed by atoms with van der Waals surface area (Å²) in [6.45, 7) is 8.86. The molecule has 1 saturated heterocycles. The van der Waals surface area contributed by atoms with Crippen molar-refractivity contribution in [3.05, 3.63) is 34.9 Å². The van der Waals surface area contributed by atoms with Crippen LogP contribution in [0.3, 0.4) is 0 Å². The molecule has 7 heteroatoms. The Hall–Kier alpha value is -0.570. The number of likely N-dealkylation sites (tertiary alicyclic amines) is 1. The van der Waals surface area contributed by atoms with Gasteiger partial charge in [0.05, 0.1) is 6.54 Å². The second-order valence-electron chi connectivity index (χ2n) is 6.87. The molecular formula is C20H34ClIN4O. The average molecular weight is 509 g/mol. The minimum atomic E-state index is -0.699. The Morgan fingerprint density at radius 1 is 1.30 bits per heavy atom. The largest absolute Gasteiger partial charge is 0.386 e. The number of rotatable bonds is 8. The quantitative estimate of drug-likeness (QED) is 0.284. The molecule has 1 fully saturated rings. The van der Waals surface area contributed by atoms with E-state index in [1.807, 2.05) is 18.2 Å². The van der Waals surface area contributed by atoms with E-state index in [0.29, 0.717) is 11.1 Å². The third kappa shape index (κ3) is 8.54. The first-order valence-electron chi connectivity index (χ1n) is 9.83. The van der Waals surface area contributed by atoms with Crippen LogP contribution >= 0.6 is 35.6 Å². The number of aliphatic imine (C=N–C) groups is 1. The van der Waals surface area contributed by atoms with Crippen LogP contribution < -0.4 is 10.6 Å². The van der Waals surface area contributed by atoms with Gasteiger partial charge in [0.1, 0.15) is 6.10 Å². The fraction of sp³-hybridized carbons (Fsp3) is 0.650. The number of aliphatic hydroxyl groups excluding tert-OH is 1. The first-order valence-corrected chi connectivity index (χ1v) is 10.2. The molecule has 3 N–H and O–H groups in total. The molecule has 1 aromatic carbocycles. The van der Waals surface area contributed by atoms with Crippen molar-refractivity contribution in [3.63, 3.8) is 0 Å². The van der Waals surface area contributed by atoms with E-state index in [2.05, 4.69) is 34.4 Å². The molecule has 1 heterocycles. The zero-order chi connectivity index (χ0) is 18.8. The maximum absolute atomic E-state index is 10.4. The average Bonchev–Trinajstić information content (AvgIpc) is 2.66. The summed E-state index contributed by atoms with van der Waals surface area (Å²) in [6.07, 6.45) is 4.09. The summed E-state index contributed by atoms with van der Waals surface area (Å²) in [4.78, 5) is 7.11. The molecule has 0 radical (unpaired) electrons. The summed E-state index contributed by atoms with van der Waals surface area (Å²) in [6, 6.07) is 7.81. The van der Waals surface area contributed by atoms with Crippen molar-refractivity contribution in [2.45, 2.75) is 51.7 Å². The molecule has 0 amide bonds. The zero-order valence-corrected chi connectivity index (χ0v) is 19.5. The number of nitrogens with zero attached hydrogens (tertiary/aromatic N) is 2. The Morgan fingerprint density at radius 3 is 2.63 bits per heavy atom. The second-order valence-corrected chi connectivity index (χ2v) is 7.28. The Kier molecular flexibility index (Phi) is 12.3. The molecule has 1 aliphatic heterocycles. The van der Waals surface area contributed by atoms with E-state index >= 15 is 0 Å². The fourth-order valence-electron chi connectivity index (χ4n) is 3.22. The van der Waals surface area contributed by atoms with Gasteiger partial charge in [-0.25, -0.2) is 0 Å². The Morgan fingerprint density at radius 2 is 2.00 bits per heavy atom. The van der Waals surface area contributed by atoms with Gasteiger partial charge in [-0.1, -0.05) is 43.1 Å². The van der Waals surface area contributed by atoms with Crippen molar-refractivity contribution in [1.29, 1.82) is 0 Å². The highest BCUT2D eigenvalue weighted by atomic mass is 127. The van der Waals surface area contributed by atoms with Crippen molar-refractivity contribution in [1.82, 2.24) is 15.5 Å². The van der Waals surface area contributed by atoms with Crippen molar-refractivity contribution in [3.8, 4) is 0 Å². The normalized spacial score (nSPS) is 17.3. The third-order valence-electron chi connectivity index (χ3n) is 4.79. The van der Waals surface area contributed by atoms with Crippen LogP contribution in [0, 0.1) is 0 Å². The summed E-state index contributed by atoms with van der Waals surface area (Å²) in [5, 5.41) is 17.8. The van der Waals surface area contributed by atoms with E-state index in [1.165, 1.54) is 19.4 Å². The van der Waals surface area contributed by atoms with Crippen LogP contribution in [0.2, 0.25) is 5.02 Å². The Labute approximate surface area is 186 Å². The van der Waals surface area contributed by atoms with Crippen LogP contribution in [-0.2, 0) is 0 Å². The van der Waals surface area contributed by atoms with E-state index in [-0.39, 0.29) is 30.5 Å². The van der Waals surface area contributed by atoms with Crippen LogP contribution in [0.5, 0.6) is 0 Å². The molecule has 0 spiro atoms. The monoisotopic (exact) mass is 508 g/mol. The van der Waals surface area contributed by atoms with Gasteiger partial charge in [-0.15, -0.1) is 24.0 Å². The van der Waals surface area contributed by atoms with E-state index in [9.17, 15) is 5.11 Å². The Balaban J connectivity index is 0.00000364. The topological polar surface area (TPSA) is 59.9 Å². The van der Waals surface area contributed by atoms with Crippen LogP contribution in [0.4, 0.5) is 0 Å². The van der Waals surface area contributed by atoms with Gasteiger partial charge in [-0.3, -0.25) is 4.99 Å². The molecule has 1 unspecified atom stereocenters. The number of guanidine groups is 1. The number of unbranched alkanes of at least 4 members (excludes halogenated alkanes) is 1. The SMILES string of the molecule is CCCCN1CCC(NC(=NCC(O)c2ccccc2Cl)NCC)CC1.I. The maximum atomic E-state index is 10.4. The first kappa shape index (κ1) is 24.5. The van der Waals surface area contributed by atoms with Gasteiger partial charge in [0.2, 0.25) is 0 Å². The van der Waals surface area contributed by atoms with Gasteiger partial charge in [-0.2, -0.15) is 0 Å². The highest BCUT2D eigenvalue weighted by molar-refractivity contribution is 14.0. The van der Waals surface area contributed by atoms with Crippen molar-refractivity contribution in [2.75, 3.05) is 32.7 Å². The summed E-state index contributed by atoms with van der Waals surface area (Å²) in [5.41, 5.74) is 0.720. The van der Waals surface area contributed by atoms with Crippen LogP contribution in [0.25, 0.3) is 0 Å². The van der Waals surface area contributed by atoms with Crippen LogP contribution in [0.15, 0.2) is 29.3 Å². The van der Waals surface area contributed by atoms with Gasteiger partial charge >= 0.3 is 0 Å². The molecule has 27 heavy (non-hydrogen) atoms. The third-order valence-corrected chi connectivity index (χ3v) is 5.13. The molecule has 154 valence electrons. The number of hydrogen-bond acceptors (Lipinski definition) is 3. The highest BCUT2D eigenvalue weighted by Crippen LogP contribution is 2.22. The fourth-order valence-corrected chi connectivity index (χ4v) is 3.48. The lowest BCUT2D eigenvalue weighted by Gasteiger charge is -2.33. The van der Waals surface area contributed by atoms with Gasteiger partial charge < -0.3 is 20.6 Å². The summed E-state index contributed by atoms with van der Waals surface area (Å²) in [5.74, 6) is 0.769. The number of benzene rings is 1. The minimum Gasteiger partial charge on any atom is -0.386 e. The van der Waals surface area contributed by atoms with Gasteiger partial charge in [0, 0.05) is 36.3 Å². The predicted octanol–water partition coefficient (Wildman–Crippen LogP) is 3.81. The number of piperidine rings is 1. The molecule has 2 rings (SSSR count). The molecule has 5 nitrogen and oxygen atoms in total. The molecule has 1 atom stereocenters. The standard InChI is InChI=1S/C20H33ClN4O.HI/c1-3-5-12-25-13-10-16(11-14-25)24-20(22-4-2)23-15-19(26)17-8-6-7-9-18(17)21;/h6-9,16,19,26H,3-5,10-15H2,1-2H3,(H2,22,23,24);1H. The maximum Gasteiger partial charge on any atom is 0.191 e. The van der Waals surface area contributed by atoms with Crippen molar-refractivity contribution < 1.29 is 5.11 Å². The lowest BCUT2D eigenvalue weighted by Crippen LogP contribution is -2.48. The molecule has 0 saturated carbocycles. The van der Waals surface area contributed by atoms with E-state index < -0.39 is 6.10 Å². The highest BCUT2D eigenvalue weighted by Gasteiger charge is 2.19. The van der Waals surface area contributed by atoms with Crippen molar-refractivity contribution >= 4 is 41.5 Å².